The molecule has 100 valence electrons. The number of carbonyl (C=O) groups is 1. The fraction of sp³-hybridized carbons (Fsp3) is 0.417. The van der Waals surface area contributed by atoms with Gasteiger partial charge in [-0.2, -0.15) is 0 Å². The van der Waals surface area contributed by atoms with Crippen LogP contribution in [0, 0.1) is 0 Å². The molecule has 0 aromatic heterocycles. The molecule has 1 aromatic rings. The van der Waals surface area contributed by atoms with Crippen molar-refractivity contribution in [1.82, 2.24) is 5.48 Å². The molecule has 6 heteroatoms. The molecule has 1 rings (SSSR count). The third-order valence-corrected chi connectivity index (χ3v) is 2.56. The van der Waals surface area contributed by atoms with Crippen LogP contribution in [0.15, 0.2) is 18.2 Å². The predicted molar refractivity (Wildman–Crippen MR) is 71.0 cm³/mol. The van der Waals surface area contributed by atoms with Gasteiger partial charge in [0.05, 0.1) is 18.2 Å². The van der Waals surface area contributed by atoms with Crippen molar-refractivity contribution in [2.24, 2.45) is 0 Å². The first-order valence-electron chi connectivity index (χ1n) is 5.62. The molecule has 0 fully saturated rings. The highest BCUT2D eigenvalue weighted by molar-refractivity contribution is 6.35. The topological polar surface area (TPSA) is 47.6 Å². The maximum atomic E-state index is 11.2. The summed E-state index contributed by atoms with van der Waals surface area (Å²) in [4.78, 5) is 16.0. The van der Waals surface area contributed by atoms with E-state index in [1.807, 2.05) is 0 Å². The van der Waals surface area contributed by atoms with Gasteiger partial charge in [-0.05, 0) is 31.5 Å². The Kier molecular flexibility index (Phi) is 6.86. The van der Waals surface area contributed by atoms with Gasteiger partial charge in [-0.25, -0.2) is 5.48 Å². The van der Waals surface area contributed by atoms with Gasteiger partial charge in [0.2, 0.25) is 5.91 Å². The molecule has 0 saturated heterocycles. The lowest BCUT2D eigenvalue weighted by Crippen LogP contribution is -2.23. The molecule has 4 nitrogen and oxygen atoms in total. The minimum absolute atomic E-state index is 0.164. The number of hydroxylamine groups is 1. The van der Waals surface area contributed by atoms with Crippen LogP contribution in [0.1, 0.15) is 19.8 Å². The van der Waals surface area contributed by atoms with Gasteiger partial charge in [0, 0.05) is 11.4 Å². The van der Waals surface area contributed by atoms with Crippen LogP contribution < -0.4 is 10.2 Å². The van der Waals surface area contributed by atoms with Crippen molar-refractivity contribution in [2.75, 3.05) is 13.2 Å². The summed E-state index contributed by atoms with van der Waals surface area (Å²) in [7, 11) is 0. The van der Waals surface area contributed by atoms with Crippen molar-refractivity contribution >= 4 is 29.1 Å². The van der Waals surface area contributed by atoms with Crippen LogP contribution in [0.25, 0.3) is 0 Å². The number of hydrogen-bond donors (Lipinski definition) is 1. The summed E-state index contributed by atoms with van der Waals surface area (Å²) >= 11 is 11.7. The summed E-state index contributed by atoms with van der Waals surface area (Å²) in [5, 5.41) is 1.02. The van der Waals surface area contributed by atoms with E-state index in [2.05, 4.69) is 5.48 Å². The highest BCUT2D eigenvalue weighted by Gasteiger charge is 2.04. The van der Waals surface area contributed by atoms with E-state index in [9.17, 15) is 4.79 Å². The average molecular weight is 292 g/mol. The lowest BCUT2D eigenvalue weighted by Gasteiger charge is -2.08. The zero-order chi connectivity index (χ0) is 13.4. The second-order valence-electron chi connectivity index (χ2n) is 3.49. The van der Waals surface area contributed by atoms with Gasteiger partial charge >= 0.3 is 0 Å². The average Bonchev–Trinajstić information content (AvgIpc) is 2.34. The molecule has 0 heterocycles. The first-order valence-corrected chi connectivity index (χ1v) is 6.37. The summed E-state index contributed by atoms with van der Waals surface area (Å²) in [5.41, 5.74) is 2.31. The van der Waals surface area contributed by atoms with Crippen molar-refractivity contribution in [3.8, 4) is 5.75 Å². The Hall–Kier alpha value is -0.970. The maximum Gasteiger partial charge on any atom is 0.243 e. The van der Waals surface area contributed by atoms with Crippen molar-refractivity contribution in [2.45, 2.75) is 19.8 Å². The lowest BCUT2D eigenvalue weighted by atomic mass is 10.3. The quantitative estimate of drug-likeness (QED) is 0.620. The molecule has 0 spiro atoms. The van der Waals surface area contributed by atoms with Gasteiger partial charge < -0.3 is 4.74 Å². The molecule has 18 heavy (non-hydrogen) atoms. The highest BCUT2D eigenvalue weighted by atomic mass is 35.5. The molecule has 1 aromatic carbocycles. The predicted octanol–water partition coefficient (Wildman–Crippen LogP) is 3.22. The van der Waals surface area contributed by atoms with Gasteiger partial charge in [0.25, 0.3) is 0 Å². The largest absolute Gasteiger partial charge is 0.492 e. The zero-order valence-corrected chi connectivity index (χ0v) is 11.6. The summed E-state index contributed by atoms with van der Waals surface area (Å²) in [6.45, 7) is 2.65. The van der Waals surface area contributed by atoms with Crippen molar-refractivity contribution in [1.29, 1.82) is 0 Å². The number of hydrogen-bond acceptors (Lipinski definition) is 3. The van der Waals surface area contributed by atoms with E-state index in [-0.39, 0.29) is 5.91 Å². The number of benzene rings is 1. The monoisotopic (exact) mass is 291 g/mol. The molecule has 0 aliphatic heterocycles. The van der Waals surface area contributed by atoms with Crippen LogP contribution in [-0.2, 0) is 9.63 Å². The molecule has 0 saturated carbocycles. The Balaban J connectivity index is 2.23. The van der Waals surface area contributed by atoms with E-state index in [1.54, 1.807) is 25.1 Å². The molecule has 0 aliphatic rings. The van der Waals surface area contributed by atoms with Gasteiger partial charge in [0.1, 0.15) is 5.75 Å². The minimum atomic E-state index is -0.164. The minimum Gasteiger partial charge on any atom is -0.492 e. The Labute approximate surface area is 116 Å². The summed E-state index contributed by atoms with van der Waals surface area (Å²) in [6, 6.07) is 5.01. The number of ether oxygens (including phenoxy) is 1. The van der Waals surface area contributed by atoms with Crippen LogP contribution in [0.5, 0.6) is 5.75 Å². The molecule has 0 unspecified atom stereocenters. The Morgan fingerprint density at radius 3 is 2.83 bits per heavy atom. The van der Waals surface area contributed by atoms with E-state index in [1.165, 1.54) is 0 Å². The molecule has 0 aliphatic carbocycles. The number of nitrogens with one attached hydrogen (secondary N) is 1. The Morgan fingerprint density at radius 1 is 1.39 bits per heavy atom. The van der Waals surface area contributed by atoms with E-state index in [0.717, 1.165) is 0 Å². The summed E-state index contributed by atoms with van der Waals surface area (Å²) < 4.78 is 5.44. The Morgan fingerprint density at radius 2 is 2.17 bits per heavy atom. The van der Waals surface area contributed by atoms with Crippen LogP contribution in [-0.4, -0.2) is 19.1 Å². The molecular formula is C12H15Cl2NO3. The number of carbonyl (C=O) groups excluding carboxylic acids is 1. The lowest BCUT2D eigenvalue weighted by molar-refractivity contribution is -0.133. The molecule has 0 atom stereocenters. The van der Waals surface area contributed by atoms with Crippen LogP contribution in [0.2, 0.25) is 10.0 Å². The summed E-state index contributed by atoms with van der Waals surface area (Å²) in [6.07, 6.45) is 0.920. The molecule has 1 N–H and O–H groups in total. The van der Waals surface area contributed by atoms with Crippen molar-refractivity contribution in [3.05, 3.63) is 28.2 Å². The summed E-state index contributed by atoms with van der Waals surface area (Å²) in [5.74, 6) is 0.397. The van der Waals surface area contributed by atoms with Crippen LogP contribution in [0.4, 0.5) is 0 Å². The second kappa shape index (κ2) is 8.19. The maximum absolute atomic E-state index is 11.2. The first-order chi connectivity index (χ1) is 8.63. The molecule has 0 bridgehead atoms. The number of halogens is 2. The highest BCUT2D eigenvalue weighted by Crippen LogP contribution is 2.27. The third-order valence-electron chi connectivity index (χ3n) is 2.03. The van der Waals surface area contributed by atoms with Crippen molar-refractivity contribution < 1.29 is 14.4 Å². The van der Waals surface area contributed by atoms with Crippen LogP contribution >= 0.6 is 23.2 Å². The first kappa shape index (κ1) is 15.1. The van der Waals surface area contributed by atoms with E-state index in [0.29, 0.717) is 41.9 Å². The van der Waals surface area contributed by atoms with E-state index in [4.69, 9.17) is 32.8 Å². The zero-order valence-electron chi connectivity index (χ0n) is 10.0. The van der Waals surface area contributed by atoms with Crippen LogP contribution in [0.3, 0.4) is 0 Å². The van der Waals surface area contributed by atoms with Gasteiger partial charge in [0.15, 0.2) is 0 Å². The van der Waals surface area contributed by atoms with E-state index < -0.39 is 0 Å². The smallest absolute Gasteiger partial charge is 0.243 e. The molecular weight excluding hydrogens is 277 g/mol. The van der Waals surface area contributed by atoms with Gasteiger partial charge in [-0.1, -0.05) is 23.2 Å². The Bertz CT molecular complexity index is 399. The standard InChI is InChI=1S/C12H15Cl2NO3/c1-2-18-15-12(16)4-3-7-17-11-6-5-9(13)8-10(11)14/h5-6,8H,2-4,7H2,1H3,(H,15,16). The van der Waals surface area contributed by atoms with E-state index >= 15 is 0 Å². The van der Waals surface area contributed by atoms with Gasteiger partial charge in [-0.15, -0.1) is 0 Å². The number of amides is 1. The fourth-order valence-corrected chi connectivity index (χ4v) is 1.67. The molecule has 1 amide bonds. The third kappa shape index (κ3) is 5.58. The second-order valence-corrected chi connectivity index (χ2v) is 4.33. The molecule has 0 radical (unpaired) electrons. The van der Waals surface area contributed by atoms with Gasteiger partial charge in [-0.3, -0.25) is 9.63 Å². The van der Waals surface area contributed by atoms with Crippen molar-refractivity contribution in [3.63, 3.8) is 0 Å². The SMILES string of the molecule is CCONC(=O)CCCOc1ccc(Cl)cc1Cl. The fourth-order valence-electron chi connectivity index (χ4n) is 1.21. The normalized spacial score (nSPS) is 10.2. The number of rotatable bonds is 7.